The second kappa shape index (κ2) is 23.6. The molecule has 0 spiro atoms. The third-order valence-electron chi connectivity index (χ3n) is 0.940. The van der Waals surface area contributed by atoms with Crippen LogP contribution >= 0.6 is 36.7 Å². The summed E-state index contributed by atoms with van der Waals surface area (Å²) in [5, 5.41) is 23.5. The van der Waals surface area contributed by atoms with E-state index in [0.717, 1.165) is 0 Å². The molecule has 0 bridgehead atoms. The molecule has 0 radical (unpaired) electrons. The lowest BCUT2D eigenvalue weighted by Crippen LogP contribution is -1.97. The van der Waals surface area contributed by atoms with Crippen molar-refractivity contribution in [3.05, 3.63) is 30.3 Å². The minimum Gasteiger partial charge on any atom is -0.248 e. The summed E-state index contributed by atoms with van der Waals surface area (Å²) in [6.07, 6.45) is 0. The Balaban J connectivity index is -0.000000161. The highest BCUT2D eigenvalue weighted by Crippen LogP contribution is 1.76. The molecule has 84 valence electrons. The van der Waals surface area contributed by atoms with E-state index in [4.69, 9.17) is 16.2 Å². The molecule has 0 amide bonds. The van der Waals surface area contributed by atoms with E-state index in [2.05, 4.69) is 60.9 Å². The topological polar surface area (TPSA) is 71.6 Å². The Kier molecular flexibility index (Phi) is 29.9. The van der Waals surface area contributed by atoms with Gasteiger partial charge in [0.25, 0.3) is 0 Å². The fraction of sp³-hybridized carbons (Fsp3) is 0. The zero-order valence-corrected chi connectivity index (χ0v) is 13.1. The van der Waals surface area contributed by atoms with Crippen LogP contribution in [0.15, 0.2) is 30.3 Å². The van der Waals surface area contributed by atoms with Crippen LogP contribution in [0.1, 0.15) is 0 Å². The van der Waals surface area contributed by atoms with Crippen molar-refractivity contribution in [3.63, 3.8) is 0 Å². The number of hydrogen-bond donors (Lipinski definition) is 3. The minimum atomic E-state index is 1.17. The van der Waals surface area contributed by atoms with Crippen molar-refractivity contribution in [3.8, 4) is 0 Å². The van der Waals surface area contributed by atoms with E-state index in [1.54, 1.807) is 15.5 Å². The summed E-state index contributed by atoms with van der Waals surface area (Å²) in [5.74, 6) is 0. The Morgan fingerprint density at radius 1 is 0.812 bits per heavy atom. The van der Waals surface area contributed by atoms with E-state index in [1.165, 1.54) is 15.4 Å². The first-order chi connectivity index (χ1) is 7.64. The third kappa shape index (κ3) is 38.5. The van der Waals surface area contributed by atoms with Gasteiger partial charge in [-0.2, -0.15) is 0 Å². The first kappa shape index (κ1) is 20.3. The Morgan fingerprint density at radius 2 is 1.06 bits per heavy atom. The average Bonchev–Trinajstić information content (AvgIpc) is 2.22. The van der Waals surface area contributed by atoms with Gasteiger partial charge in [-0.3, -0.25) is 0 Å². The Labute approximate surface area is 114 Å². The van der Waals surface area contributed by atoms with E-state index in [9.17, 15) is 0 Å². The van der Waals surface area contributed by atoms with Crippen molar-refractivity contribution in [1.82, 2.24) is 0 Å². The van der Waals surface area contributed by atoms with Crippen LogP contribution in [0, 0.1) is 16.2 Å². The summed E-state index contributed by atoms with van der Waals surface area (Å²) in [6, 6.07) is 10.5. The highest BCUT2D eigenvalue weighted by Gasteiger charge is 1.72. The van der Waals surface area contributed by atoms with Gasteiger partial charge in [0.15, 0.2) is 0 Å². The predicted molar refractivity (Wildman–Crippen MR) is 82.0 cm³/mol. The molecule has 3 N–H and O–H groups in total. The van der Waals surface area contributed by atoms with Gasteiger partial charge < -0.3 is 0 Å². The summed E-state index contributed by atoms with van der Waals surface area (Å²) >= 11 is 11.4. The molecule has 1 rings (SSSR count). The predicted octanol–water partition coefficient (Wildman–Crippen LogP) is 1.68. The fourth-order valence-corrected chi connectivity index (χ4v) is 0.919. The first-order valence-corrected chi connectivity index (χ1v) is 6.00. The molecule has 0 saturated carbocycles. The molecule has 0 aromatic heterocycles. The van der Waals surface area contributed by atoms with Gasteiger partial charge in [0.05, 0.1) is 15.5 Å². The number of benzene rings is 1. The van der Waals surface area contributed by atoms with Crippen molar-refractivity contribution in [2.75, 3.05) is 0 Å². The third-order valence-corrected chi connectivity index (χ3v) is 1.61. The van der Waals surface area contributed by atoms with E-state index < -0.39 is 0 Å². The molecule has 0 aliphatic rings. The van der Waals surface area contributed by atoms with Crippen molar-refractivity contribution in [1.29, 1.82) is 16.2 Å². The van der Waals surface area contributed by atoms with Crippen LogP contribution in [-0.2, 0) is 0 Å². The van der Waals surface area contributed by atoms with E-state index >= 15 is 0 Å². The minimum absolute atomic E-state index is 1.17. The van der Waals surface area contributed by atoms with Crippen LogP contribution in [0.25, 0.3) is 0 Å². The van der Waals surface area contributed by atoms with Crippen LogP contribution in [-0.4, -0.2) is 25.7 Å². The normalized spacial score (nSPS) is 5.50. The lowest BCUT2D eigenvalue weighted by Gasteiger charge is -1.82. The van der Waals surface area contributed by atoms with E-state index in [-0.39, 0.29) is 0 Å². The Hall–Kier alpha value is -1.16. The van der Waals surface area contributed by atoms with Gasteiger partial charge in [-0.15, -0.1) is 0 Å². The lowest BCUT2D eigenvalue weighted by atomic mass is 10.4. The van der Waals surface area contributed by atoms with Gasteiger partial charge in [-0.25, -0.2) is 16.2 Å². The highest BCUT2D eigenvalue weighted by atomic mass is 32.1. The van der Waals surface area contributed by atoms with Gasteiger partial charge in [0, 0.05) is 10.2 Å². The highest BCUT2D eigenvalue weighted by molar-refractivity contribution is 7.78. The maximum absolute atomic E-state index is 5.77. The molecular weight excluding hydrogens is 274 g/mol. The van der Waals surface area contributed by atoms with Gasteiger partial charge in [-0.05, 0) is 36.7 Å². The van der Waals surface area contributed by atoms with Crippen molar-refractivity contribution >= 4 is 67.6 Å². The van der Waals surface area contributed by atoms with Crippen LogP contribution in [0.4, 0.5) is 0 Å². The summed E-state index contributed by atoms with van der Waals surface area (Å²) in [5.41, 5.74) is 0. The van der Waals surface area contributed by atoms with Gasteiger partial charge in [0.1, 0.15) is 0 Å². The first-order valence-electron chi connectivity index (χ1n) is 3.77. The van der Waals surface area contributed by atoms with Gasteiger partial charge in [-0.1, -0.05) is 35.5 Å². The molecule has 1 aromatic carbocycles. The lowest BCUT2D eigenvalue weighted by molar-refractivity contribution is 1.61. The largest absolute Gasteiger partial charge is 0.248 e. The van der Waals surface area contributed by atoms with Crippen LogP contribution in [0.3, 0.4) is 0 Å². The fourth-order valence-electron chi connectivity index (χ4n) is 0.534. The maximum Gasteiger partial charge on any atom is 0.0554 e. The van der Waals surface area contributed by atoms with Crippen LogP contribution in [0.2, 0.25) is 0 Å². The number of thiocarbonyl (C=S) groups is 3. The molecule has 0 heterocycles. The Morgan fingerprint density at radius 3 is 1.19 bits per heavy atom. The molecule has 0 saturated heterocycles. The summed E-state index contributed by atoms with van der Waals surface area (Å²) in [6.45, 7) is 0. The Bertz CT molecular complexity index is 321. The molecule has 0 unspecified atom stereocenters. The molecule has 0 fully saturated rings. The SMILES string of the molecule is N=C=S.N=C=S.N=C=S.[SiH3]c1ccccc1. The van der Waals surface area contributed by atoms with Gasteiger partial charge in [0.2, 0.25) is 0 Å². The van der Waals surface area contributed by atoms with Crippen LogP contribution < -0.4 is 5.19 Å². The number of nitrogens with one attached hydrogen (secondary N) is 3. The molecule has 7 heteroatoms. The summed E-state index contributed by atoms with van der Waals surface area (Å²) in [7, 11) is 1.17. The molecule has 3 nitrogen and oxygen atoms in total. The number of hydrogen-bond acceptors (Lipinski definition) is 6. The van der Waals surface area contributed by atoms with Gasteiger partial charge >= 0.3 is 0 Å². The number of isothiocyanates is 3. The van der Waals surface area contributed by atoms with E-state index in [0.29, 0.717) is 0 Å². The van der Waals surface area contributed by atoms with E-state index in [1.807, 2.05) is 6.07 Å². The molecular formula is C9H11N3S3Si. The van der Waals surface area contributed by atoms with Crippen LogP contribution in [0.5, 0.6) is 0 Å². The number of rotatable bonds is 0. The second-order valence-electron chi connectivity index (χ2n) is 1.96. The zero-order valence-electron chi connectivity index (χ0n) is 8.61. The quantitative estimate of drug-likeness (QED) is 0.386. The molecule has 1 aromatic rings. The molecule has 0 atom stereocenters. The monoisotopic (exact) mass is 285 g/mol. The molecule has 16 heavy (non-hydrogen) atoms. The second-order valence-corrected chi connectivity index (χ2v) is 3.73. The average molecular weight is 285 g/mol. The zero-order chi connectivity index (χ0) is 13.2. The standard InChI is InChI=1S/C6H8Si.3CHNS/c7-6-4-2-1-3-5-6;3*2-1-3/h1-5H,7H3;3*2H. The van der Waals surface area contributed by atoms with Crippen molar-refractivity contribution in [2.45, 2.75) is 0 Å². The van der Waals surface area contributed by atoms with Crippen molar-refractivity contribution in [2.24, 2.45) is 0 Å². The summed E-state index contributed by atoms with van der Waals surface area (Å²) < 4.78 is 0. The van der Waals surface area contributed by atoms with Crippen molar-refractivity contribution < 1.29 is 0 Å². The smallest absolute Gasteiger partial charge is 0.0554 e. The maximum atomic E-state index is 5.77. The summed E-state index contributed by atoms with van der Waals surface area (Å²) in [4.78, 5) is 0. The molecule has 0 aliphatic heterocycles. The molecule has 0 aliphatic carbocycles.